The van der Waals surface area contributed by atoms with E-state index in [-0.39, 0.29) is 11.9 Å². The summed E-state index contributed by atoms with van der Waals surface area (Å²) in [6.45, 7) is 4.72. The first-order valence-corrected chi connectivity index (χ1v) is 7.65. The number of nitrogens with zero attached hydrogens (tertiary/aromatic N) is 3. The van der Waals surface area contributed by atoms with Gasteiger partial charge in [0.2, 0.25) is 0 Å². The number of hydrogen-bond acceptors (Lipinski definition) is 2. The van der Waals surface area contributed by atoms with Crippen molar-refractivity contribution in [1.82, 2.24) is 14.5 Å². The molecule has 0 bridgehead atoms. The Labute approximate surface area is 133 Å². The van der Waals surface area contributed by atoms with E-state index in [1.165, 1.54) is 3.57 Å². The SMILES string of the molecule is CCN(C)C(=O)c1cncn1[C@H](C)c1ccc([131I])cc1. The van der Waals surface area contributed by atoms with Gasteiger partial charge < -0.3 is 9.47 Å². The maximum Gasteiger partial charge on any atom is 0.271 e. The highest BCUT2D eigenvalue weighted by molar-refractivity contribution is 14.1. The molecule has 0 saturated heterocycles. The maximum atomic E-state index is 12.3. The van der Waals surface area contributed by atoms with Crippen LogP contribution < -0.4 is 0 Å². The van der Waals surface area contributed by atoms with Crippen molar-refractivity contribution < 1.29 is 4.79 Å². The van der Waals surface area contributed by atoms with Crippen LogP contribution in [0.15, 0.2) is 36.8 Å². The average molecular weight is 387 g/mol. The van der Waals surface area contributed by atoms with Crippen molar-refractivity contribution in [1.29, 1.82) is 0 Å². The zero-order valence-corrected chi connectivity index (χ0v) is 14.0. The molecule has 0 radical (unpaired) electrons. The summed E-state index contributed by atoms with van der Waals surface area (Å²) >= 11 is 2.28. The lowest BCUT2D eigenvalue weighted by atomic mass is 10.1. The number of benzene rings is 1. The number of hydrogen-bond donors (Lipinski definition) is 0. The second kappa shape index (κ2) is 6.39. The Kier molecular flexibility index (Phi) is 4.80. The standard InChI is InChI=1S/C15H18IN3O/c1-4-18(3)15(20)14-9-17-10-19(14)11(2)12-5-7-13(16)8-6-12/h5-11H,4H2,1-3H3/t11-/m1/s1/i16+4. The minimum atomic E-state index is 0.00219. The molecule has 0 saturated carbocycles. The van der Waals surface area contributed by atoms with Crippen LogP contribution in [0.1, 0.15) is 35.9 Å². The molecular formula is C15H18IN3O. The Morgan fingerprint density at radius 3 is 2.65 bits per heavy atom. The summed E-state index contributed by atoms with van der Waals surface area (Å²) in [5, 5.41) is 0. The molecule has 4 nitrogen and oxygen atoms in total. The summed E-state index contributed by atoms with van der Waals surface area (Å²) in [4.78, 5) is 18.1. The van der Waals surface area contributed by atoms with Gasteiger partial charge in [0.15, 0.2) is 0 Å². The number of imidazole rings is 1. The van der Waals surface area contributed by atoms with Crippen LogP contribution in [-0.2, 0) is 0 Å². The molecule has 20 heavy (non-hydrogen) atoms. The van der Waals surface area contributed by atoms with Gasteiger partial charge in [-0.2, -0.15) is 0 Å². The molecular weight excluding hydrogens is 369 g/mol. The summed E-state index contributed by atoms with van der Waals surface area (Å²) in [5.74, 6) is 0.00219. The normalized spacial score (nSPS) is 12.2. The first-order valence-electron chi connectivity index (χ1n) is 6.57. The lowest BCUT2D eigenvalue weighted by molar-refractivity contribution is 0.0790. The van der Waals surface area contributed by atoms with E-state index < -0.39 is 0 Å². The van der Waals surface area contributed by atoms with Crippen molar-refractivity contribution in [3.05, 3.63) is 51.6 Å². The molecule has 0 fully saturated rings. The van der Waals surface area contributed by atoms with Crippen LogP contribution in [0.4, 0.5) is 0 Å². The molecule has 0 aliphatic heterocycles. The predicted octanol–water partition coefficient (Wildman–Crippen LogP) is 3.19. The second-order valence-electron chi connectivity index (χ2n) is 4.73. The zero-order valence-electron chi connectivity index (χ0n) is 11.9. The number of amides is 1. The molecule has 5 heteroatoms. The molecule has 0 unspecified atom stereocenters. The third-order valence-corrected chi connectivity index (χ3v) is 4.20. The minimum Gasteiger partial charge on any atom is -0.341 e. The highest BCUT2D eigenvalue weighted by atomic mass is 131. The number of aromatic nitrogens is 2. The number of carbonyl (C=O) groups excluding carboxylic acids is 1. The Morgan fingerprint density at radius 2 is 2.05 bits per heavy atom. The van der Waals surface area contributed by atoms with E-state index in [1.807, 2.05) is 11.5 Å². The van der Waals surface area contributed by atoms with Crippen LogP contribution in [0, 0.1) is 3.57 Å². The van der Waals surface area contributed by atoms with Crippen LogP contribution in [0.3, 0.4) is 0 Å². The summed E-state index contributed by atoms with van der Waals surface area (Å²) in [5.41, 5.74) is 1.79. The molecule has 2 rings (SSSR count). The van der Waals surface area contributed by atoms with Gasteiger partial charge in [-0.15, -0.1) is 0 Å². The highest BCUT2D eigenvalue weighted by Gasteiger charge is 2.19. The number of halogens is 1. The largest absolute Gasteiger partial charge is 0.341 e. The third kappa shape index (κ3) is 3.03. The maximum absolute atomic E-state index is 12.3. The van der Waals surface area contributed by atoms with E-state index in [2.05, 4.69) is 58.8 Å². The van der Waals surface area contributed by atoms with Crippen molar-refractivity contribution in [2.45, 2.75) is 19.9 Å². The van der Waals surface area contributed by atoms with E-state index in [9.17, 15) is 4.79 Å². The van der Waals surface area contributed by atoms with Crippen molar-refractivity contribution in [2.24, 2.45) is 0 Å². The van der Waals surface area contributed by atoms with Gasteiger partial charge >= 0.3 is 0 Å². The fraction of sp³-hybridized carbons (Fsp3) is 0.333. The average Bonchev–Trinajstić information content (AvgIpc) is 2.95. The first kappa shape index (κ1) is 15.0. The van der Waals surface area contributed by atoms with Crippen molar-refractivity contribution >= 4 is 28.5 Å². The molecule has 0 N–H and O–H groups in total. The van der Waals surface area contributed by atoms with Gasteiger partial charge in [-0.05, 0) is 54.1 Å². The molecule has 1 aromatic heterocycles. The van der Waals surface area contributed by atoms with Crippen molar-refractivity contribution in [2.75, 3.05) is 13.6 Å². The molecule has 1 atom stereocenters. The van der Waals surface area contributed by atoms with E-state index in [4.69, 9.17) is 0 Å². The van der Waals surface area contributed by atoms with Gasteiger partial charge in [-0.25, -0.2) is 4.98 Å². The van der Waals surface area contributed by atoms with Gasteiger partial charge in [-0.3, -0.25) is 4.79 Å². The van der Waals surface area contributed by atoms with Gasteiger partial charge in [-0.1, -0.05) is 12.1 Å². The topological polar surface area (TPSA) is 38.1 Å². The van der Waals surface area contributed by atoms with E-state index >= 15 is 0 Å². The molecule has 0 aliphatic rings. The summed E-state index contributed by atoms with van der Waals surface area (Å²) in [7, 11) is 1.80. The molecule has 1 heterocycles. The Hall–Kier alpha value is -1.37. The van der Waals surface area contributed by atoms with Crippen molar-refractivity contribution in [3.63, 3.8) is 0 Å². The summed E-state index contributed by atoms with van der Waals surface area (Å²) in [6, 6.07) is 8.40. The zero-order chi connectivity index (χ0) is 14.7. The van der Waals surface area contributed by atoms with E-state index in [0.29, 0.717) is 12.2 Å². The molecule has 2 aromatic rings. The van der Waals surface area contributed by atoms with Crippen LogP contribution >= 0.6 is 22.6 Å². The van der Waals surface area contributed by atoms with Crippen LogP contribution in [-0.4, -0.2) is 34.0 Å². The number of rotatable bonds is 4. The minimum absolute atomic E-state index is 0.00219. The summed E-state index contributed by atoms with van der Waals surface area (Å²) in [6.07, 6.45) is 3.36. The van der Waals surface area contributed by atoms with Gasteiger partial charge in [0.05, 0.1) is 18.6 Å². The van der Waals surface area contributed by atoms with Crippen LogP contribution in [0.25, 0.3) is 0 Å². The lowest BCUT2D eigenvalue weighted by Gasteiger charge is -2.20. The van der Waals surface area contributed by atoms with Gasteiger partial charge in [0, 0.05) is 17.2 Å². The predicted molar refractivity (Wildman–Crippen MR) is 87.8 cm³/mol. The van der Waals surface area contributed by atoms with Crippen molar-refractivity contribution in [3.8, 4) is 0 Å². The van der Waals surface area contributed by atoms with Gasteiger partial charge in [0.1, 0.15) is 5.69 Å². The quantitative estimate of drug-likeness (QED) is 0.756. The molecule has 0 aliphatic carbocycles. The number of carbonyl (C=O) groups is 1. The molecule has 1 aromatic carbocycles. The van der Waals surface area contributed by atoms with E-state index in [0.717, 1.165) is 5.56 Å². The lowest BCUT2D eigenvalue weighted by Crippen LogP contribution is -2.29. The van der Waals surface area contributed by atoms with E-state index in [1.54, 1.807) is 24.5 Å². The third-order valence-electron chi connectivity index (χ3n) is 3.48. The Morgan fingerprint density at radius 1 is 1.40 bits per heavy atom. The first-order chi connectivity index (χ1) is 9.54. The van der Waals surface area contributed by atoms with Gasteiger partial charge in [0.25, 0.3) is 5.91 Å². The Bertz CT molecular complexity index is 591. The molecule has 0 spiro atoms. The summed E-state index contributed by atoms with van der Waals surface area (Å²) < 4.78 is 3.13. The van der Waals surface area contributed by atoms with Crippen LogP contribution in [0.5, 0.6) is 0 Å². The fourth-order valence-electron chi connectivity index (χ4n) is 2.02. The smallest absolute Gasteiger partial charge is 0.271 e. The Balaban J connectivity index is 2.32. The fourth-order valence-corrected chi connectivity index (χ4v) is 2.38. The molecule has 106 valence electrons. The highest BCUT2D eigenvalue weighted by Crippen LogP contribution is 2.21. The monoisotopic (exact) mass is 387 g/mol. The van der Waals surface area contributed by atoms with Crippen LogP contribution in [0.2, 0.25) is 0 Å². The second-order valence-corrected chi connectivity index (χ2v) is 5.98. The molecule has 1 amide bonds.